The van der Waals surface area contributed by atoms with Gasteiger partial charge in [-0.3, -0.25) is 10.1 Å². The fourth-order valence-corrected chi connectivity index (χ4v) is 3.87. The second-order valence-corrected chi connectivity index (χ2v) is 8.38. The normalized spacial score (nSPS) is 16.5. The summed E-state index contributed by atoms with van der Waals surface area (Å²) in [7, 11) is 0. The first-order valence-corrected chi connectivity index (χ1v) is 9.46. The molecule has 1 aromatic carbocycles. The lowest BCUT2D eigenvalue weighted by Crippen LogP contribution is -2.41. The van der Waals surface area contributed by atoms with Crippen molar-refractivity contribution in [3.63, 3.8) is 0 Å². The van der Waals surface area contributed by atoms with Gasteiger partial charge in [-0.2, -0.15) is 0 Å². The number of nitrogens with one attached hydrogen (secondary N) is 2. The van der Waals surface area contributed by atoms with Crippen LogP contribution in [-0.4, -0.2) is 28.6 Å². The molecule has 0 saturated carbocycles. The van der Waals surface area contributed by atoms with Gasteiger partial charge in [0.25, 0.3) is 5.91 Å². The van der Waals surface area contributed by atoms with Crippen LogP contribution in [0.15, 0.2) is 30.3 Å². The largest absolute Gasteiger partial charge is 0.444 e. The molecule has 26 heavy (non-hydrogen) atoms. The van der Waals surface area contributed by atoms with Crippen LogP contribution in [0.1, 0.15) is 48.1 Å². The van der Waals surface area contributed by atoms with E-state index in [9.17, 15) is 9.59 Å². The molecule has 2 amide bonds. The van der Waals surface area contributed by atoms with Crippen molar-refractivity contribution in [2.24, 2.45) is 0 Å². The molecule has 0 saturated heterocycles. The Kier molecular flexibility index (Phi) is 5.27. The molecule has 1 aromatic heterocycles. The molecule has 0 radical (unpaired) electrons. The number of thiazole rings is 1. The van der Waals surface area contributed by atoms with Crippen molar-refractivity contribution in [3.05, 3.63) is 46.5 Å². The number of hydrogen-bond donors (Lipinski definition) is 2. The van der Waals surface area contributed by atoms with E-state index in [1.54, 1.807) is 12.1 Å². The van der Waals surface area contributed by atoms with Crippen LogP contribution in [0.2, 0.25) is 0 Å². The minimum absolute atomic E-state index is 0.0236. The minimum Gasteiger partial charge on any atom is -0.444 e. The van der Waals surface area contributed by atoms with Gasteiger partial charge in [0, 0.05) is 22.9 Å². The van der Waals surface area contributed by atoms with Crippen LogP contribution in [0.3, 0.4) is 0 Å². The molecule has 1 aliphatic carbocycles. The highest BCUT2D eigenvalue weighted by molar-refractivity contribution is 7.15. The molecule has 0 bridgehead atoms. The summed E-state index contributed by atoms with van der Waals surface area (Å²) in [6, 6.07) is 9.09. The number of anilines is 1. The van der Waals surface area contributed by atoms with Gasteiger partial charge in [0.2, 0.25) is 0 Å². The maximum absolute atomic E-state index is 12.3. The van der Waals surface area contributed by atoms with Gasteiger partial charge in [-0.1, -0.05) is 18.2 Å². The van der Waals surface area contributed by atoms with E-state index in [1.807, 2.05) is 39.0 Å². The summed E-state index contributed by atoms with van der Waals surface area (Å²) < 4.78 is 5.32. The highest BCUT2D eigenvalue weighted by Gasteiger charge is 2.26. The number of amides is 2. The zero-order valence-electron chi connectivity index (χ0n) is 15.2. The van der Waals surface area contributed by atoms with Crippen molar-refractivity contribution in [3.8, 4) is 0 Å². The smallest absolute Gasteiger partial charge is 0.407 e. The summed E-state index contributed by atoms with van der Waals surface area (Å²) in [4.78, 5) is 29.8. The van der Waals surface area contributed by atoms with Crippen molar-refractivity contribution in [2.75, 3.05) is 5.32 Å². The molecule has 3 rings (SSSR count). The quantitative estimate of drug-likeness (QED) is 0.858. The molecule has 138 valence electrons. The number of aryl methyl sites for hydroxylation is 1. The Morgan fingerprint density at radius 2 is 1.96 bits per heavy atom. The van der Waals surface area contributed by atoms with Gasteiger partial charge in [-0.05, 0) is 45.7 Å². The summed E-state index contributed by atoms with van der Waals surface area (Å²) in [6.07, 6.45) is 1.89. The summed E-state index contributed by atoms with van der Waals surface area (Å²) in [5.74, 6) is -0.167. The van der Waals surface area contributed by atoms with Gasteiger partial charge in [0.15, 0.2) is 5.13 Å². The molecule has 6 nitrogen and oxygen atoms in total. The molecule has 2 aromatic rings. The average Bonchev–Trinajstić information content (AvgIpc) is 2.95. The van der Waals surface area contributed by atoms with Crippen LogP contribution in [0.5, 0.6) is 0 Å². The second kappa shape index (κ2) is 7.45. The van der Waals surface area contributed by atoms with Gasteiger partial charge in [-0.15, -0.1) is 11.3 Å². The summed E-state index contributed by atoms with van der Waals surface area (Å²) >= 11 is 1.47. The van der Waals surface area contributed by atoms with E-state index in [1.165, 1.54) is 11.3 Å². The Bertz CT molecular complexity index is 796. The minimum atomic E-state index is -0.511. The maximum Gasteiger partial charge on any atom is 0.407 e. The first-order chi connectivity index (χ1) is 12.3. The Balaban J connectivity index is 1.60. The van der Waals surface area contributed by atoms with Crippen LogP contribution < -0.4 is 10.6 Å². The number of hydrogen-bond acceptors (Lipinski definition) is 5. The number of aromatic nitrogens is 1. The van der Waals surface area contributed by atoms with E-state index < -0.39 is 11.7 Å². The van der Waals surface area contributed by atoms with Gasteiger partial charge < -0.3 is 10.1 Å². The van der Waals surface area contributed by atoms with Crippen molar-refractivity contribution in [2.45, 2.75) is 51.7 Å². The standard InChI is InChI=1S/C19H23N3O3S/c1-19(2,3)25-18(24)20-13-9-10-14-15(11-13)26-17(21-14)22-16(23)12-7-5-4-6-8-12/h4-8,13H,9-11H2,1-3H3,(H,20,24)(H,21,22,23)/t13-/m0/s1. The number of carbonyl (C=O) groups is 2. The zero-order valence-corrected chi connectivity index (χ0v) is 16.0. The topological polar surface area (TPSA) is 80.3 Å². The van der Waals surface area contributed by atoms with E-state index in [-0.39, 0.29) is 11.9 Å². The predicted octanol–water partition coefficient (Wildman–Crippen LogP) is 3.78. The molecule has 0 aliphatic heterocycles. The van der Waals surface area contributed by atoms with Crippen molar-refractivity contribution >= 4 is 28.5 Å². The summed E-state index contributed by atoms with van der Waals surface area (Å²) in [5, 5.41) is 6.38. The lowest BCUT2D eigenvalue weighted by atomic mass is 9.98. The molecule has 1 aliphatic rings. The number of benzene rings is 1. The number of fused-ring (bicyclic) bond motifs is 1. The lowest BCUT2D eigenvalue weighted by Gasteiger charge is -2.25. The Morgan fingerprint density at radius 1 is 1.23 bits per heavy atom. The van der Waals surface area contributed by atoms with Gasteiger partial charge in [0.1, 0.15) is 5.60 Å². The van der Waals surface area contributed by atoms with E-state index in [0.29, 0.717) is 17.1 Å². The van der Waals surface area contributed by atoms with Crippen molar-refractivity contribution in [1.29, 1.82) is 0 Å². The molecular formula is C19H23N3O3S. The van der Waals surface area contributed by atoms with Crippen LogP contribution in [0.4, 0.5) is 9.93 Å². The monoisotopic (exact) mass is 373 g/mol. The SMILES string of the molecule is CC(C)(C)OC(=O)N[C@H]1CCc2nc(NC(=O)c3ccccc3)sc2C1. The molecule has 2 N–H and O–H groups in total. The third-order valence-electron chi connectivity index (χ3n) is 3.92. The first-order valence-electron chi connectivity index (χ1n) is 8.64. The number of rotatable bonds is 3. The molecular weight excluding hydrogens is 350 g/mol. The average molecular weight is 373 g/mol. The predicted molar refractivity (Wildman–Crippen MR) is 102 cm³/mol. The molecule has 1 atom stereocenters. The fraction of sp³-hybridized carbons (Fsp3) is 0.421. The van der Waals surface area contributed by atoms with Crippen molar-refractivity contribution < 1.29 is 14.3 Å². The van der Waals surface area contributed by atoms with E-state index >= 15 is 0 Å². The van der Waals surface area contributed by atoms with E-state index in [4.69, 9.17) is 4.74 Å². The third-order valence-corrected chi connectivity index (χ3v) is 4.95. The van der Waals surface area contributed by atoms with E-state index in [2.05, 4.69) is 15.6 Å². The van der Waals surface area contributed by atoms with Crippen LogP contribution in [0, 0.1) is 0 Å². The Hall–Kier alpha value is -2.41. The summed E-state index contributed by atoms with van der Waals surface area (Å²) in [5.41, 5.74) is 1.09. The maximum atomic E-state index is 12.3. The highest BCUT2D eigenvalue weighted by atomic mass is 32.1. The number of ether oxygens (including phenoxy) is 1. The third kappa shape index (κ3) is 4.82. The van der Waals surface area contributed by atoms with Crippen LogP contribution in [0.25, 0.3) is 0 Å². The number of carbonyl (C=O) groups excluding carboxylic acids is 2. The molecule has 7 heteroatoms. The van der Waals surface area contributed by atoms with Gasteiger partial charge in [-0.25, -0.2) is 9.78 Å². The number of nitrogens with zero attached hydrogens (tertiary/aromatic N) is 1. The molecule has 1 heterocycles. The molecule has 0 unspecified atom stereocenters. The second-order valence-electron chi connectivity index (χ2n) is 7.29. The van der Waals surface area contributed by atoms with Gasteiger partial charge >= 0.3 is 6.09 Å². The first kappa shape index (κ1) is 18.4. The number of alkyl carbamates (subject to hydrolysis) is 1. The summed E-state index contributed by atoms with van der Waals surface area (Å²) in [6.45, 7) is 5.53. The molecule has 0 fully saturated rings. The van der Waals surface area contributed by atoms with Crippen LogP contribution >= 0.6 is 11.3 Å². The highest BCUT2D eigenvalue weighted by Crippen LogP contribution is 2.30. The zero-order chi connectivity index (χ0) is 18.7. The molecule has 0 spiro atoms. The lowest BCUT2D eigenvalue weighted by molar-refractivity contribution is 0.0500. The fourth-order valence-electron chi connectivity index (χ4n) is 2.78. The Morgan fingerprint density at radius 3 is 2.65 bits per heavy atom. The van der Waals surface area contributed by atoms with Gasteiger partial charge in [0.05, 0.1) is 5.69 Å². The van der Waals surface area contributed by atoms with Crippen molar-refractivity contribution in [1.82, 2.24) is 10.3 Å². The van der Waals surface area contributed by atoms with E-state index in [0.717, 1.165) is 23.4 Å². The Labute approximate surface area is 157 Å². The van der Waals surface area contributed by atoms with Crippen LogP contribution in [-0.2, 0) is 17.6 Å².